The summed E-state index contributed by atoms with van der Waals surface area (Å²) < 4.78 is 0. The molecule has 1 nitrogen and oxygen atoms in total. The molecule has 0 unspecified atom stereocenters. The second kappa shape index (κ2) is 7.64. The minimum absolute atomic E-state index is 0.641. The highest BCUT2D eigenvalue weighted by atomic mass is 14.5. The maximum absolute atomic E-state index is 5.42. The molecular formula is C16H21N. The highest BCUT2D eigenvalue weighted by Gasteiger charge is 1.86. The van der Waals surface area contributed by atoms with Gasteiger partial charge in [-0.05, 0) is 24.5 Å². The molecular weight excluding hydrogens is 206 g/mol. The largest absolute Gasteiger partial charge is 0.326 e. The summed E-state index contributed by atoms with van der Waals surface area (Å²) in [6.45, 7) is 4.87. The van der Waals surface area contributed by atoms with Crippen molar-refractivity contribution in [2.75, 3.05) is 0 Å². The minimum atomic E-state index is 0.641. The van der Waals surface area contributed by atoms with Crippen LogP contribution in [0.25, 0.3) is 0 Å². The number of aryl methyl sites for hydroxylation is 2. The van der Waals surface area contributed by atoms with Crippen molar-refractivity contribution in [2.45, 2.75) is 26.8 Å². The normalized spacial score (nSPS) is 9.35. The van der Waals surface area contributed by atoms with Gasteiger partial charge in [0.25, 0.3) is 0 Å². The van der Waals surface area contributed by atoms with Crippen molar-refractivity contribution in [1.29, 1.82) is 0 Å². The molecule has 2 rings (SSSR count). The molecule has 0 bridgehead atoms. The fourth-order valence-corrected chi connectivity index (χ4v) is 1.55. The van der Waals surface area contributed by atoms with Crippen LogP contribution in [0.2, 0.25) is 0 Å². The summed E-state index contributed by atoms with van der Waals surface area (Å²) in [5, 5.41) is 0. The van der Waals surface area contributed by atoms with Gasteiger partial charge in [0.2, 0.25) is 0 Å². The average Bonchev–Trinajstić information content (AvgIpc) is 2.40. The van der Waals surface area contributed by atoms with E-state index in [-0.39, 0.29) is 0 Å². The molecule has 0 aliphatic carbocycles. The average molecular weight is 227 g/mol. The first kappa shape index (κ1) is 13.5. The third kappa shape index (κ3) is 5.32. The lowest BCUT2D eigenvalue weighted by atomic mass is 10.1. The van der Waals surface area contributed by atoms with Crippen molar-refractivity contribution in [1.82, 2.24) is 0 Å². The van der Waals surface area contributed by atoms with Gasteiger partial charge in [-0.15, -0.1) is 0 Å². The molecule has 0 saturated carbocycles. The highest BCUT2D eigenvalue weighted by Crippen LogP contribution is 2.01. The zero-order valence-corrected chi connectivity index (χ0v) is 10.7. The predicted molar refractivity (Wildman–Crippen MR) is 74.9 cm³/mol. The quantitative estimate of drug-likeness (QED) is 0.831. The van der Waals surface area contributed by atoms with Crippen LogP contribution >= 0.6 is 0 Å². The molecule has 0 fully saturated rings. The first-order chi connectivity index (χ1) is 8.26. The van der Waals surface area contributed by atoms with E-state index in [0.717, 1.165) is 6.42 Å². The van der Waals surface area contributed by atoms with Gasteiger partial charge in [-0.2, -0.15) is 0 Å². The summed E-state index contributed by atoms with van der Waals surface area (Å²) in [5.74, 6) is 0. The van der Waals surface area contributed by atoms with Crippen LogP contribution in [0.4, 0.5) is 0 Å². The predicted octanol–water partition coefficient (Wildman–Crippen LogP) is 3.70. The van der Waals surface area contributed by atoms with E-state index in [2.05, 4.69) is 50.2 Å². The summed E-state index contributed by atoms with van der Waals surface area (Å²) in [7, 11) is 0. The first-order valence-corrected chi connectivity index (χ1v) is 6.05. The molecule has 0 aliphatic rings. The molecule has 0 radical (unpaired) electrons. The van der Waals surface area contributed by atoms with Gasteiger partial charge >= 0.3 is 0 Å². The topological polar surface area (TPSA) is 26.0 Å². The molecule has 0 amide bonds. The van der Waals surface area contributed by atoms with Gasteiger partial charge in [-0.1, -0.05) is 67.1 Å². The number of rotatable bonds is 2. The summed E-state index contributed by atoms with van der Waals surface area (Å²) in [5.41, 5.74) is 9.31. The van der Waals surface area contributed by atoms with Crippen molar-refractivity contribution in [3.8, 4) is 0 Å². The molecule has 90 valence electrons. The van der Waals surface area contributed by atoms with Crippen molar-refractivity contribution in [3.63, 3.8) is 0 Å². The Morgan fingerprint density at radius 2 is 1.53 bits per heavy atom. The van der Waals surface area contributed by atoms with Crippen LogP contribution in [0.3, 0.4) is 0 Å². The highest BCUT2D eigenvalue weighted by molar-refractivity contribution is 5.21. The molecule has 0 spiro atoms. The van der Waals surface area contributed by atoms with Gasteiger partial charge in [0, 0.05) is 6.54 Å². The van der Waals surface area contributed by atoms with E-state index >= 15 is 0 Å². The van der Waals surface area contributed by atoms with Crippen LogP contribution in [0, 0.1) is 6.92 Å². The molecule has 0 aliphatic heterocycles. The lowest BCUT2D eigenvalue weighted by molar-refractivity contribution is 1.07. The molecule has 1 heteroatoms. The zero-order chi connectivity index (χ0) is 12.5. The third-order valence-corrected chi connectivity index (χ3v) is 2.57. The Hall–Kier alpha value is -1.60. The molecule has 2 aromatic carbocycles. The standard InChI is InChI=1S/C8H11N.C8H10/c1-7-3-2-4-8(5-7)6-9;1-2-8-6-4-3-5-7-8/h2-5H,6,9H2,1H3;3-7H,2H2,1H3. The summed E-state index contributed by atoms with van der Waals surface area (Å²) in [4.78, 5) is 0. The Morgan fingerprint density at radius 3 is 1.94 bits per heavy atom. The summed E-state index contributed by atoms with van der Waals surface area (Å²) in [6.07, 6.45) is 1.14. The summed E-state index contributed by atoms with van der Waals surface area (Å²) >= 11 is 0. The zero-order valence-electron chi connectivity index (χ0n) is 10.7. The fourth-order valence-electron chi connectivity index (χ4n) is 1.55. The first-order valence-electron chi connectivity index (χ1n) is 6.05. The second-order valence-electron chi connectivity index (χ2n) is 4.03. The fraction of sp³-hybridized carbons (Fsp3) is 0.250. The van der Waals surface area contributed by atoms with E-state index in [4.69, 9.17) is 5.73 Å². The monoisotopic (exact) mass is 227 g/mol. The van der Waals surface area contributed by atoms with Crippen LogP contribution in [0.15, 0.2) is 54.6 Å². The number of benzene rings is 2. The Labute approximate surface area is 104 Å². The van der Waals surface area contributed by atoms with Gasteiger partial charge in [0.05, 0.1) is 0 Å². The van der Waals surface area contributed by atoms with Crippen molar-refractivity contribution < 1.29 is 0 Å². The van der Waals surface area contributed by atoms with Gasteiger partial charge < -0.3 is 5.73 Å². The van der Waals surface area contributed by atoms with Crippen molar-refractivity contribution >= 4 is 0 Å². The molecule has 2 aromatic rings. The lowest BCUT2D eigenvalue weighted by Crippen LogP contribution is -1.95. The Balaban J connectivity index is 0.000000171. The number of nitrogens with two attached hydrogens (primary N) is 1. The second-order valence-corrected chi connectivity index (χ2v) is 4.03. The van der Waals surface area contributed by atoms with Crippen LogP contribution in [0.1, 0.15) is 23.6 Å². The van der Waals surface area contributed by atoms with Gasteiger partial charge in [0.15, 0.2) is 0 Å². The van der Waals surface area contributed by atoms with E-state index < -0.39 is 0 Å². The van der Waals surface area contributed by atoms with Crippen molar-refractivity contribution in [2.24, 2.45) is 5.73 Å². The van der Waals surface area contributed by atoms with Gasteiger partial charge in [-0.25, -0.2) is 0 Å². The van der Waals surface area contributed by atoms with Crippen molar-refractivity contribution in [3.05, 3.63) is 71.3 Å². The molecule has 2 N–H and O–H groups in total. The van der Waals surface area contributed by atoms with Crippen LogP contribution in [0.5, 0.6) is 0 Å². The molecule has 0 saturated heterocycles. The van der Waals surface area contributed by atoms with Gasteiger partial charge in [0.1, 0.15) is 0 Å². The minimum Gasteiger partial charge on any atom is -0.326 e. The summed E-state index contributed by atoms with van der Waals surface area (Å²) in [6, 6.07) is 18.7. The van der Waals surface area contributed by atoms with Crippen LogP contribution in [-0.2, 0) is 13.0 Å². The lowest BCUT2D eigenvalue weighted by Gasteiger charge is -1.95. The van der Waals surface area contributed by atoms with Crippen LogP contribution in [-0.4, -0.2) is 0 Å². The van der Waals surface area contributed by atoms with E-state index in [0.29, 0.717) is 6.54 Å². The Bertz CT molecular complexity index is 421. The van der Waals surface area contributed by atoms with E-state index in [1.807, 2.05) is 18.2 Å². The Morgan fingerprint density at radius 1 is 0.882 bits per heavy atom. The third-order valence-electron chi connectivity index (χ3n) is 2.57. The van der Waals surface area contributed by atoms with E-state index in [9.17, 15) is 0 Å². The van der Waals surface area contributed by atoms with E-state index in [1.54, 1.807) is 0 Å². The van der Waals surface area contributed by atoms with Gasteiger partial charge in [-0.3, -0.25) is 0 Å². The smallest absolute Gasteiger partial charge is 0.0178 e. The number of hydrogen-bond donors (Lipinski definition) is 1. The molecule has 0 heterocycles. The maximum atomic E-state index is 5.42. The van der Waals surface area contributed by atoms with E-state index in [1.165, 1.54) is 16.7 Å². The molecule has 0 atom stereocenters. The molecule has 0 aromatic heterocycles. The molecule has 17 heavy (non-hydrogen) atoms. The maximum Gasteiger partial charge on any atom is 0.0178 e. The SMILES string of the molecule is CCc1ccccc1.Cc1cccc(CN)c1. The Kier molecular flexibility index (Phi) is 6.05. The number of hydrogen-bond acceptors (Lipinski definition) is 1. The van der Waals surface area contributed by atoms with Crippen LogP contribution < -0.4 is 5.73 Å².